The van der Waals surface area contributed by atoms with E-state index >= 15 is 0 Å². The average Bonchev–Trinajstić information content (AvgIpc) is 2.73. The van der Waals surface area contributed by atoms with Crippen molar-refractivity contribution in [3.05, 3.63) is 59.9 Å². The third kappa shape index (κ3) is 4.24. The highest BCUT2D eigenvalue weighted by Crippen LogP contribution is 2.36. The van der Waals surface area contributed by atoms with Crippen LogP contribution in [0.15, 0.2) is 48.5 Å². The number of carbonyl (C=O) groups excluding carboxylic acids is 1. The van der Waals surface area contributed by atoms with Crippen molar-refractivity contribution in [1.29, 1.82) is 0 Å². The number of benzene rings is 2. The van der Waals surface area contributed by atoms with Gasteiger partial charge in [0, 0.05) is 37.6 Å². The van der Waals surface area contributed by atoms with Crippen molar-refractivity contribution < 1.29 is 9.18 Å². The van der Waals surface area contributed by atoms with E-state index in [-0.39, 0.29) is 23.7 Å². The van der Waals surface area contributed by atoms with Crippen LogP contribution in [0.5, 0.6) is 0 Å². The zero-order valence-corrected chi connectivity index (χ0v) is 17.3. The van der Waals surface area contributed by atoms with Gasteiger partial charge in [-0.2, -0.15) is 0 Å². The maximum Gasteiger partial charge on any atom is 0.225 e. The summed E-state index contributed by atoms with van der Waals surface area (Å²) in [5, 5.41) is 3.18. The van der Waals surface area contributed by atoms with Crippen molar-refractivity contribution in [2.45, 2.75) is 32.7 Å². The summed E-state index contributed by atoms with van der Waals surface area (Å²) in [6.07, 6.45) is 1.76. The maximum atomic E-state index is 13.4. The van der Waals surface area contributed by atoms with E-state index in [0.29, 0.717) is 5.92 Å². The highest BCUT2D eigenvalue weighted by Gasteiger charge is 2.41. The van der Waals surface area contributed by atoms with Crippen LogP contribution < -0.4 is 15.1 Å². The van der Waals surface area contributed by atoms with Crippen molar-refractivity contribution in [1.82, 2.24) is 5.32 Å². The molecule has 1 saturated heterocycles. The quantitative estimate of drug-likeness (QED) is 0.835. The summed E-state index contributed by atoms with van der Waals surface area (Å²) in [5.74, 6) is 0.417. The monoisotopic (exact) mass is 395 g/mol. The van der Waals surface area contributed by atoms with E-state index < -0.39 is 0 Å². The lowest BCUT2D eigenvalue weighted by Gasteiger charge is -2.49. The SMILES string of the molecule is CC(C)CCNC(=O)[C@H]1Cc2ccccc2N2CCN(c3ccc(F)cc3)C[C@@H]12. The molecule has 0 radical (unpaired) electrons. The second-order valence-electron chi connectivity index (χ2n) is 8.60. The number of amides is 1. The fraction of sp³-hybridized carbons (Fsp3) is 0.458. The molecule has 1 fully saturated rings. The first-order chi connectivity index (χ1) is 14.0. The Kier molecular flexibility index (Phi) is 5.74. The van der Waals surface area contributed by atoms with Gasteiger partial charge in [0.15, 0.2) is 0 Å². The molecule has 2 aliphatic rings. The molecule has 0 unspecified atom stereocenters. The Morgan fingerprint density at radius 3 is 2.66 bits per heavy atom. The minimum Gasteiger partial charge on any atom is -0.368 e. The lowest BCUT2D eigenvalue weighted by atomic mass is 9.83. The number of nitrogens with one attached hydrogen (secondary N) is 1. The van der Waals surface area contributed by atoms with E-state index in [1.54, 1.807) is 0 Å². The van der Waals surface area contributed by atoms with E-state index in [1.165, 1.54) is 23.4 Å². The van der Waals surface area contributed by atoms with Crippen LogP contribution in [0.3, 0.4) is 0 Å². The molecule has 5 heteroatoms. The van der Waals surface area contributed by atoms with Gasteiger partial charge in [-0.25, -0.2) is 4.39 Å². The molecule has 0 spiro atoms. The lowest BCUT2D eigenvalue weighted by Crippen LogP contribution is -2.61. The van der Waals surface area contributed by atoms with Crippen LogP contribution in [0.4, 0.5) is 15.8 Å². The number of para-hydroxylation sites is 1. The first-order valence-corrected chi connectivity index (χ1v) is 10.7. The van der Waals surface area contributed by atoms with Gasteiger partial charge >= 0.3 is 0 Å². The molecule has 2 atom stereocenters. The molecule has 29 heavy (non-hydrogen) atoms. The van der Waals surface area contributed by atoms with E-state index in [2.05, 4.69) is 53.2 Å². The summed E-state index contributed by atoms with van der Waals surface area (Å²) in [5.41, 5.74) is 3.52. The molecule has 1 N–H and O–H groups in total. The van der Waals surface area contributed by atoms with Crippen LogP contribution in [0, 0.1) is 17.7 Å². The molecule has 0 aliphatic carbocycles. The Balaban J connectivity index is 1.57. The predicted molar refractivity (Wildman–Crippen MR) is 116 cm³/mol. The second-order valence-corrected chi connectivity index (χ2v) is 8.60. The first-order valence-electron chi connectivity index (χ1n) is 10.7. The molecule has 4 rings (SSSR count). The van der Waals surface area contributed by atoms with Gasteiger partial charge in [0.1, 0.15) is 5.82 Å². The van der Waals surface area contributed by atoms with Crippen LogP contribution in [0.2, 0.25) is 0 Å². The van der Waals surface area contributed by atoms with Crippen LogP contribution in [-0.2, 0) is 11.2 Å². The standard InChI is InChI=1S/C24H30FN3O/c1-17(2)11-12-26-24(29)21-15-18-5-3-4-6-22(18)28-14-13-27(16-23(21)28)20-9-7-19(25)8-10-20/h3-10,17,21,23H,11-16H2,1-2H3,(H,26,29)/t21-,23-/m0/s1. The summed E-state index contributed by atoms with van der Waals surface area (Å²) in [6, 6.07) is 15.2. The Bertz CT molecular complexity index is 851. The van der Waals surface area contributed by atoms with Gasteiger partial charge in [0.05, 0.1) is 12.0 Å². The fourth-order valence-corrected chi connectivity index (χ4v) is 4.56. The molecule has 4 nitrogen and oxygen atoms in total. The van der Waals surface area contributed by atoms with E-state index in [1.807, 2.05) is 12.1 Å². The predicted octanol–water partition coefficient (Wildman–Crippen LogP) is 3.86. The van der Waals surface area contributed by atoms with Crippen LogP contribution in [0.25, 0.3) is 0 Å². The van der Waals surface area contributed by atoms with Gasteiger partial charge < -0.3 is 15.1 Å². The summed E-state index contributed by atoms with van der Waals surface area (Å²) in [7, 11) is 0. The summed E-state index contributed by atoms with van der Waals surface area (Å²) >= 11 is 0. The Hall–Kier alpha value is -2.56. The van der Waals surface area contributed by atoms with Crippen LogP contribution in [-0.4, -0.2) is 38.1 Å². The van der Waals surface area contributed by atoms with Crippen molar-refractivity contribution in [2.75, 3.05) is 36.0 Å². The number of rotatable bonds is 5. The molecular weight excluding hydrogens is 365 g/mol. The van der Waals surface area contributed by atoms with E-state index in [0.717, 1.165) is 44.7 Å². The molecule has 2 heterocycles. The average molecular weight is 396 g/mol. The normalized spacial score (nSPS) is 21.0. The number of hydrogen-bond acceptors (Lipinski definition) is 3. The van der Waals surface area contributed by atoms with Gasteiger partial charge in [0.25, 0.3) is 0 Å². The summed E-state index contributed by atoms with van der Waals surface area (Å²) in [4.78, 5) is 17.8. The van der Waals surface area contributed by atoms with E-state index in [4.69, 9.17) is 0 Å². The first kappa shape index (κ1) is 19.7. The number of halogens is 1. The number of hydrogen-bond donors (Lipinski definition) is 1. The Morgan fingerprint density at radius 1 is 1.14 bits per heavy atom. The topological polar surface area (TPSA) is 35.6 Å². The molecule has 0 bridgehead atoms. The highest BCUT2D eigenvalue weighted by molar-refractivity contribution is 5.82. The molecule has 0 saturated carbocycles. The molecule has 1 amide bonds. The number of nitrogens with zero attached hydrogens (tertiary/aromatic N) is 2. The molecule has 2 aliphatic heterocycles. The van der Waals surface area contributed by atoms with Crippen molar-refractivity contribution >= 4 is 17.3 Å². The molecule has 2 aromatic carbocycles. The molecule has 0 aromatic heterocycles. The largest absolute Gasteiger partial charge is 0.368 e. The summed E-state index contributed by atoms with van der Waals surface area (Å²) < 4.78 is 13.4. The van der Waals surface area contributed by atoms with Crippen LogP contribution >= 0.6 is 0 Å². The van der Waals surface area contributed by atoms with Gasteiger partial charge in [0.2, 0.25) is 5.91 Å². The van der Waals surface area contributed by atoms with Gasteiger partial charge in [-0.15, -0.1) is 0 Å². The molecular formula is C24H30FN3O. The van der Waals surface area contributed by atoms with Gasteiger partial charge in [-0.05, 0) is 54.7 Å². The smallest absolute Gasteiger partial charge is 0.225 e. The zero-order valence-electron chi connectivity index (χ0n) is 17.3. The van der Waals surface area contributed by atoms with Gasteiger partial charge in [-0.3, -0.25) is 4.79 Å². The zero-order chi connectivity index (χ0) is 20.4. The van der Waals surface area contributed by atoms with Crippen LogP contribution in [0.1, 0.15) is 25.8 Å². The third-order valence-electron chi connectivity index (χ3n) is 6.17. The summed E-state index contributed by atoms with van der Waals surface area (Å²) in [6.45, 7) is 7.55. The second kappa shape index (κ2) is 8.44. The lowest BCUT2D eigenvalue weighted by molar-refractivity contribution is -0.125. The van der Waals surface area contributed by atoms with E-state index in [9.17, 15) is 9.18 Å². The minimum atomic E-state index is -0.221. The Labute approximate surface area is 172 Å². The number of fused-ring (bicyclic) bond motifs is 3. The van der Waals surface area contributed by atoms with Gasteiger partial charge in [-0.1, -0.05) is 32.0 Å². The van der Waals surface area contributed by atoms with Crippen molar-refractivity contribution in [3.63, 3.8) is 0 Å². The number of anilines is 2. The molecule has 154 valence electrons. The minimum absolute atomic E-state index is 0.0830. The molecule has 2 aromatic rings. The van der Waals surface area contributed by atoms with Crippen molar-refractivity contribution in [3.8, 4) is 0 Å². The Morgan fingerprint density at radius 2 is 1.90 bits per heavy atom. The van der Waals surface area contributed by atoms with Crippen molar-refractivity contribution in [2.24, 2.45) is 11.8 Å². The number of carbonyl (C=O) groups is 1. The maximum absolute atomic E-state index is 13.4. The fourth-order valence-electron chi connectivity index (χ4n) is 4.56. The highest BCUT2D eigenvalue weighted by atomic mass is 19.1. The third-order valence-corrected chi connectivity index (χ3v) is 6.17. The number of piperazine rings is 1.